The van der Waals surface area contributed by atoms with Crippen molar-refractivity contribution in [3.05, 3.63) is 87.2 Å². The van der Waals surface area contributed by atoms with Crippen LogP contribution in [0.25, 0.3) is 0 Å². The number of aromatic hydroxyl groups is 1. The first-order chi connectivity index (χ1) is 17.3. The number of carbonyl (C=O) groups excluding carboxylic acids is 1. The van der Waals surface area contributed by atoms with Crippen LogP contribution in [0.3, 0.4) is 0 Å². The number of aryl methyl sites for hydroxylation is 2. The molecule has 2 atom stereocenters. The first-order valence-electron chi connectivity index (χ1n) is 11.3. The molecular weight excluding hydrogens is 462 g/mol. The zero-order valence-electron chi connectivity index (χ0n) is 20.3. The number of anilines is 1. The Kier molecular flexibility index (Phi) is 6.69. The highest BCUT2D eigenvalue weighted by molar-refractivity contribution is 6.04. The molecule has 4 aromatic rings. The third-order valence-corrected chi connectivity index (χ3v) is 6.17. The van der Waals surface area contributed by atoms with Crippen molar-refractivity contribution < 1.29 is 14.4 Å². The Bertz CT molecular complexity index is 1510. The number of aromatic nitrogens is 5. The molecule has 0 bridgehead atoms. The number of benzene rings is 1. The summed E-state index contributed by atoms with van der Waals surface area (Å²) in [6.07, 6.45) is 4.41. The van der Waals surface area contributed by atoms with Crippen molar-refractivity contribution >= 4 is 11.6 Å². The van der Waals surface area contributed by atoms with Gasteiger partial charge in [0, 0.05) is 37.2 Å². The first kappa shape index (κ1) is 24.4. The predicted octanol–water partition coefficient (Wildman–Crippen LogP) is 3.06. The van der Waals surface area contributed by atoms with Crippen LogP contribution in [0.1, 0.15) is 64.4 Å². The van der Waals surface area contributed by atoms with Crippen LogP contribution in [0.2, 0.25) is 0 Å². The smallest absolute Gasteiger partial charge is 0.296 e. The second-order valence-corrected chi connectivity index (χ2v) is 8.39. The summed E-state index contributed by atoms with van der Waals surface area (Å²) < 4.78 is 7.74. The Morgan fingerprint density at radius 3 is 2.69 bits per heavy atom. The van der Waals surface area contributed by atoms with Crippen molar-refractivity contribution in [2.45, 2.75) is 39.2 Å². The molecule has 1 amide bonds. The van der Waals surface area contributed by atoms with Crippen LogP contribution in [0.5, 0.6) is 5.75 Å². The van der Waals surface area contributed by atoms with Crippen LogP contribution in [0.4, 0.5) is 5.69 Å². The van der Waals surface area contributed by atoms with Gasteiger partial charge in [0.25, 0.3) is 11.5 Å². The molecule has 1 aromatic carbocycles. The van der Waals surface area contributed by atoms with Crippen molar-refractivity contribution in [2.75, 3.05) is 5.32 Å². The summed E-state index contributed by atoms with van der Waals surface area (Å²) in [4.78, 5) is 30.3. The molecule has 2 N–H and O–H groups in total. The molecule has 0 fully saturated rings. The normalized spacial score (nSPS) is 12.6. The average Bonchev–Trinajstić information content (AvgIpc) is 3.52. The fourth-order valence-corrected chi connectivity index (χ4v) is 4.36. The van der Waals surface area contributed by atoms with Gasteiger partial charge in [-0.2, -0.15) is 10.4 Å². The number of hydrogen-bond donors (Lipinski definition) is 2. The fraction of sp³-hybridized carbons (Fsp3) is 0.280. The summed E-state index contributed by atoms with van der Waals surface area (Å²) in [6.45, 7) is 6.38. The zero-order valence-corrected chi connectivity index (χ0v) is 20.3. The van der Waals surface area contributed by atoms with E-state index in [4.69, 9.17) is 4.52 Å². The van der Waals surface area contributed by atoms with Gasteiger partial charge in [0.2, 0.25) is 5.75 Å². The van der Waals surface area contributed by atoms with Gasteiger partial charge in [-0.25, -0.2) is 4.98 Å². The molecular formula is C25H25N7O4. The zero-order chi connectivity index (χ0) is 26.0. The Morgan fingerprint density at radius 2 is 2.06 bits per heavy atom. The van der Waals surface area contributed by atoms with Crippen LogP contribution in [0, 0.1) is 18.3 Å². The second kappa shape index (κ2) is 9.87. The largest absolute Gasteiger partial charge is 0.501 e. The van der Waals surface area contributed by atoms with Crippen LogP contribution in [-0.4, -0.2) is 35.5 Å². The van der Waals surface area contributed by atoms with Crippen LogP contribution >= 0.6 is 0 Å². The highest BCUT2D eigenvalue weighted by Crippen LogP contribution is 2.40. The lowest BCUT2D eigenvalue weighted by Gasteiger charge is -2.26. The van der Waals surface area contributed by atoms with E-state index >= 15 is 0 Å². The van der Waals surface area contributed by atoms with Crippen molar-refractivity contribution in [1.82, 2.24) is 24.5 Å². The van der Waals surface area contributed by atoms with Gasteiger partial charge in [-0.1, -0.05) is 30.3 Å². The Morgan fingerprint density at radius 1 is 1.31 bits per heavy atom. The molecule has 0 radical (unpaired) electrons. The summed E-state index contributed by atoms with van der Waals surface area (Å²) >= 11 is 0. The van der Waals surface area contributed by atoms with Gasteiger partial charge in [0.15, 0.2) is 5.69 Å². The number of nitriles is 1. The van der Waals surface area contributed by atoms with Crippen molar-refractivity contribution in [2.24, 2.45) is 7.05 Å². The molecule has 184 valence electrons. The van der Waals surface area contributed by atoms with Gasteiger partial charge < -0.3 is 14.9 Å². The molecule has 0 saturated heterocycles. The fourth-order valence-electron chi connectivity index (χ4n) is 4.36. The van der Waals surface area contributed by atoms with Crippen molar-refractivity contribution in [3.63, 3.8) is 0 Å². The molecule has 3 heterocycles. The van der Waals surface area contributed by atoms with E-state index in [-0.39, 0.29) is 11.5 Å². The number of hydrogen-bond acceptors (Lipinski definition) is 8. The number of nitrogens with zero attached hydrogens (tertiary/aromatic N) is 6. The molecule has 11 heteroatoms. The number of carbonyl (C=O) groups is 1. The lowest BCUT2D eigenvalue weighted by Crippen LogP contribution is -2.29. The van der Waals surface area contributed by atoms with Crippen molar-refractivity contribution in [3.8, 4) is 11.8 Å². The van der Waals surface area contributed by atoms with E-state index in [1.165, 1.54) is 24.1 Å². The third kappa shape index (κ3) is 4.36. The summed E-state index contributed by atoms with van der Waals surface area (Å²) in [6, 6.07) is 9.47. The van der Waals surface area contributed by atoms with Crippen LogP contribution in [0.15, 0.2) is 52.2 Å². The first-order valence-corrected chi connectivity index (χ1v) is 11.3. The van der Waals surface area contributed by atoms with Gasteiger partial charge in [0.1, 0.15) is 17.8 Å². The lowest BCUT2D eigenvalue weighted by molar-refractivity contribution is 0.101. The minimum atomic E-state index is -0.786. The minimum absolute atomic E-state index is 0.250. The Balaban J connectivity index is 1.89. The molecule has 36 heavy (non-hydrogen) atoms. The van der Waals surface area contributed by atoms with E-state index in [0.29, 0.717) is 12.1 Å². The maximum absolute atomic E-state index is 13.0. The minimum Gasteiger partial charge on any atom is -0.501 e. The molecule has 0 saturated carbocycles. The van der Waals surface area contributed by atoms with E-state index in [9.17, 15) is 20.0 Å². The highest BCUT2D eigenvalue weighted by Gasteiger charge is 2.32. The average molecular weight is 488 g/mol. The molecule has 0 spiro atoms. The van der Waals surface area contributed by atoms with E-state index in [0.717, 1.165) is 16.8 Å². The lowest BCUT2D eigenvalue weighted by atomic mass is 9.79. The molecule has 0 aliphatic heterocycles. The van der Waals surface area contributed by atoms with Gasteiger partial charge in [-0.05, 0) is 25.5 Å². The standard InChI is InChI=1S/C25H25N7O4/c1-5-32-12-19(15(3)30-32)20(18-9-7-6-8-16(18)10-26)14(2)23-29-21(22(33)25(35)31(23)4)24(34)28-17-11-27-36-13-17/h6-9,11-14,20,33H,5H2,1-4H3,(H,28,34)/t14-,20-/m1/s1. The highest BCUT2D eigenvalue weighted by atomic mass is 16.5. The van der Waals surface area contributed by atoms with Gasteiger partial charge in [-0.15, -0.1) is 0 Å². The van der Waals surface area contributed by atoms with Gasteiger partial charge in [0.05, 0.1) is 23.5 Å². The van der Waals surface area contributed by atoms with Crippen LogP contribution < -0.4 is 10.9 Å². The van der Waals surface area contributed by atoms with Gasteiger partial charge in [-0.3, -0.25) is 18.8 Å². The maximum Gasteiger partial charge on any atom is 0.296 e. The summed E-state index contributed by atoms with van der Waals surface area (Å²) in [5.74, 6) is -2.21. The number of nitrogens with one attached hydrogen (secondary N) is 1. The monoisotopic (exact) mass is 487 g/mol. The molecule has 0 aliphatic rings. The molecule has 0 aliphatic carbocycles. The van der Waals surface area contributed by atoms with E-state index in [1.54, 1.807) is 16.8 Å². The summed E-state index contributed by atoms with van der Waals surface area (Å²) in [5, 5.41) is 30.9. The SMILES string of the molecule is CCn1cc([C@@H](c2ccccc2C#N)[C@@H](C)c2nc(C(=O)Nc3cnoc3)c(O)c(=O)n2C)c(C)n1. The number of rotatable bonds is 7. The summed E-state index contributed by atoms with van der Waals surface area (Å²) in [7, 11) is 1.48. The van der Waals surface area contributed by atoms with Gasteiger partial charge >= 0.3 is 0 Å². The van der Waals surface area contributed by atoms with Crippen molar-refractivity contribution in [1.29, 1.82) is 5.26 Å². The maximum atomic E-state index is 13.0. The van der Waals surface area contributed by atoms with E-state index in [2.05, 4.69) is 26.6 Å². The molecule has 4 rings (SSSR count). The molecule has 0 unspecified atom stereocenters. The predicted molar refractivity (Wildman–Crippen MR) is 130 cm³/mol. The quantitative estimate of drug-likeness (QED) is 0.403. The molecule has 11 nitrogen and oxygen atoms in total. The topological polar surface area (TPSA) is 152 Å². The second-order valence-electron chi connectivity index (χ2n) is 8.39. The summed E-state index contributed by atoms with van der Waals surface area (Å²) in [5.41, 5.74) is 1.92. The molecule has 3 aromatic heterocycles. The third-order valence-electron chi connectivity index (χ3n) is 6.17. The number of amides is 1. The van der Waals surface area contributed by atoms with E-state index in [1.807, 2.05) is 39.1 Å². The van der Waals surface area contributed by atoms with Crippen LogP contribution in [-0.2, 0) is 13.6 Å². The Hall–Kier alpha value is -4.72. The van der Waals surface area contributed by atoms with E-state index < -0.39 is 34.7 Å². The Labute approximate surface area is 206 Å².